The molecule has 1 aliphatic heterocycles. The Balaban J connectivity index is 1.93. The Bertz CT molecular complexity index is 823. The van der Waals surface area contributed by atoms with Crippen LogP contribution in [0, 0.1) is 11.6 Å². The fourth-order valence-corrected chi connectivity index (χ4v) is 3.02. The van der Waals surface area contributed by atoms with Crippen LogP contribution in [0.2, 0.25) is 5.02 Å². The van der Waals surface area contributed by atoms with E-state index in [1.807, 2.05) is 0 Å². The topological polar surface area (TPSA) is 77.2 Å². The zero-order valence-corrected chi connectivity index (χ0v) is 13.5. The molecule has 0 unspecified atom stereocenters. The molecule has 0 spiro atoms. The summed E-state index contributed by atoms with van der Waals surface area (Å²) in [6.45, 7) is 0.833. The number of piperazine rings is 1. The highest BCUT2D eigenvalue weighted by atomic mass is 35.5. The number of nitrogens with zero attached hydrogens (tertiary/aromatic N) is 1. The van der Waals surface area contributed by atoms with Crippen molar-refractivity contribution in [2.24, 2.45) is 0 Å². The van der Waals surface area contributed by atoms with Gasteiger partial charge in [0, 0.05) is 26.7 Å². The van der Waals surface area contributed by atoms with Gasteiger partial charge in [-0.25, -0.2) is 8.78 Å². The van der Waals surface area contributed by atoms with E-state index in [-0.39, 0.29) is 34.1 Å². The summed E-state index contributed by atoms with van der Waals surface area (Å²) in [7, 11) is 1.50. The largest absolute Gasteiger partial charge is 0.358 e. The van der Waals surface area contributed by atoms with E-state index < -0.39 is 23.6 Å². The molecule has 0 radical (unpaired) electrons. The van der Waals surface area contributed by atoms with Crippen LogP contribution in [0.1, 0.15) is 10.5 Å². The van der Waals surface area contributed by atoms with Gasteiger partial charge in [0.25, 0.3) is 5.91 Å². The lowest BCUT2D eigenvalue weighted by atomic mass is 10.1. The van der Waals surface area contributed by atoms with Crippen molar-refractivity contribution in [1.82, 2.24) is 20.5 Å². The number of nitrogens with one attached hydrogen (secondary N) is 3. The molecule has 24 heavy (non-hydrogen) atoms. The molecule has 1 saturated heterocycles. The summed E-state index contributed by atoms with van der Waals surface area (Å²) in [6, 6.07) is 1.85. The summed E-state index contributed by atoms with van der Waals surface area (Å²) >= 11 is 5.80. The maximum absolute atomic E-state index is 14.6. The number of hydrogen-bond donors (Lipinski definition) is 3. The van der Waals surface area contributed by atoms with Gasteiger partial charge in [-0.2, -0.15) is 0 Å². The molecule has 0 bridgehead atoms. The van der Waals surface area contributed by atoms with Crippen LogP contribution in [0.3, 0.4) is 0 Å². The maximum Gasteiger partial charge on any atom is 0.273 e. The molecule has 1 aromatic carbocycles. The van der Waals surface area contributed by atoms with Crippen LogP contribution in [0.15, 0.2) is 12.1 Å². The Morgan fingerprint density at radius 3 is 2.83 bits per heavy atom. The molecule has 1 atom stereocenters. The molecule has 2 aromatic rings. The van der Waals surface area contributed by atoms with Gasteiger partial charge in [-0.05, 0) is 12.1 Å². The van der Waals surface area contributed by atoms with Crippen molar-refractivity contribution in [3.8, 4) is 0 Å². The quantitative estimate of drug-likeness (QED) is 0.758. The minimum atomic E-state index is -0.894. The van der Waals surface area contributed by atoms with E-state index in [0.717, 1.165) is 6.07 Å². The molecule has 9 heteroatoms. The third kappa shape index (κ3) is 2.71. The van der Waals surface area contributed by atoms with Crippen LogP contribution in [0.4, 0.5) is 8.78 Å². The molecule has 3 rings (SSSR count). The standard InChI is InChI=1S/C15H15ClF2N4O2/c1-19-14(23)9-6-22(5-4-20-9)15(24)13-12(18)10-8(21-13)3-2-7(17)11(10)16/h2-3,9,20-21H,4-6H2,1H3,(H,19,23)/t9-/m0/s1. The fourth-order valence-electron chi connectivity index (χ4n) is 2.77. The molecule has 3 N–H and O–H groups in total. The summed E-state index contributed by atoms with van der Waals surface area (Å²) in [5.41, 5.74) is -0.0599. The first-order valence-electron chi connectivity index (χ1n) is 7.33. The fraction of sp³-hybridized carbons (Fsp3) is 0.333. The van der Waals surface area contributed by atoms with Gasteiger partial charge >= 0.3 is 0 Å². The van der Waals surface area contributed by atoms with Crippen molar-refractivity contribution in [2.75, 3.05) is 26.7 Å². The average Bonchev–Trinajstić information content (AvgIpc) is 2.94. The molecule has 2 heterocycles. The SMILES string of the molecule is CNC(=O)[C@@H]1CN(C(=O)c2[nH]c3ccc(F)c(Cl)c3c2F)CCN1. The van der Waals surface area contributed by atoms with Crippen LogP contribution < -0.4 is 10.6 Å². The summed E-state index contributed by atoms with van der Waals surface area (Å²) in [4.78, 5) is 28.3. The predicted octanol–water partition coefficient (Wildman–Crippen LogP) is 1.26. The van der Waals surface area contributed by atoms with E-state index in [0.29, 0.717) is 13.1 Å². The second-order valence-electron chi connectivity index (χ2n) is 5.47. The molecule has 128 valence electrons. The Kier molecular flexibility index (Phi) is 4.42. The molecule has 0 saturated carbocycles. The van der Waals surface area contributed by atoms with Gasteiger partial charge in [0.15, 0.2) is 5.82 Å². The van der Waals surface area contributed by atoms with Crippen LogP contribution in [-0.2, 0) is 4.79 Å². The maximum atomic E-state index is 14.6. The Hall–Kier alpha value is -2.19. The first-order valence-corrected chi connectivity index (χ1v) is 7.71. The number of carbonyl (C=O) groups excluding carboxylic acids is 2. The molecule has 1 aromatic heterocycles. The van der Waals surface area contributed by atoms with E-state index in [9.17, 15) is 18.4 Å². The number of hydrogen-bond acceptors (Lipinski definition) is 3. The summed E-state index contributed by atoms with van der Waals surface area (Å²) in [5, 5.41) is 4.96. The minimum Gasteiger partial charge on any atom is -0.358 e. The molecule has 1 aliphatic rings. The van der Waals surface area contributed by atoms with Crippen LogP contribution in [0.5, 0.6) is 0 Å². The van der Waals surface area contributed by atoms with Gasteiger partial charge in [0.1, 0.15) is 17.6 Å². The number of aromatic nitrogens is 1. The monoisotopic (exact) mass is 356 g/mol. The predicted molar refractivity (Wildman–Crippen MR) is 85.0 cm³/mol. The number of likely N-dealkylation sites (N-methyl/N-ethyl adjacent to an activating group) is 1. The number of halogens is 3. The lowest BCUT2D eigenvalue weighted by Gasteiger charge is -2.32. The van der Waals surface area contributed by atoms with E-state index in [4.69, 9.17) is 11.6 Å². The number of H-pyrrole nitrogens is 1. The first kappa shape index (κ1) is 16.7. The zero-order chi connectivity index (χ0) is 17.4. The van der Waals surface area contributed by atoms with E-state index >= 15 is 0 Å². The average molecular weight is 357 g/mol. The molecule has 6 nitrogen and oxygen atoms in total. The van der Waals surface area contributed by atoms with Crippen molar-refractivity contribution in [3.63, 3.8) is 0 Å². The van der Waals surface area contributed by atoms with Gasteiger partial charge in [-0.1, -0.05) is 11.6 Å². The van der Waals surface area contributed by atoms with Gasteiger partial charge in [-0.3, -0.25) is 9.59 Å². The summed E-state index contributed by atoms with van der Waals surface area (Å²) in [6.07, 6.45) is 0. The van der Waals surface area contributed by atoms with Crippen LogP contribution in [-0.4, -0.2) is 54.4 Å². The molecular formula is C15H15ClF2N4O2. The zero-order valence-electron chi connectivity index (χ0n) is 12.8. The van der Waals surface area contributed by atoms with E-state index in [2.05, 4.69) is 15.6 Å². The number of benzene rings is 1. The second-order valence-corrected chi connectivity index (χ2v) is 5.85. The van der Waals surface area contributed by atoms with E-state index in [1.165, 1.54) is 18.0 Å². The van der Waals surface area contributed by atoms with Gasteiger partial charge < -0.3 is 20.5 Å². The normalized spacial score (nSPS) is 18.0. The molecule has 0 aliphatic carbocycles. The number of fused-ring (bicyclic) bond motifs is 1. The van der Waals surface area contributed by atoms with E-state index in [1.54, 1.807) is 0 Å². The van der Waals surface area contributed by atoms with Crippen molar-refractivity contribution in [2.45, 2.75) is 6.04 Å². The molecule has 2 amide bonds. The number of aromatic amines is 1. The van der Waals surface area contributed by atoms with Crippen molar-refractivity contribution >= 4 is 34.3 Å². The van der Waals surface area contributed by atoms with Crippen LogP contribution in [0.25, 0.3) is 10.9 Å². The number of amides is 2. The van der Waals surface area contributed by atoms with Crippen molar-refractivity contribution in [1.29, 1.82) is 0 Å². The highest BCUT2D eigenvalue weighted by Crippen LogP contribution is 2.30. The van der Waals surface area contributed by atoms with Gasteiger partial charge in [0.05, 0.1) is 15.9 Å². The lowest BCUT2D eigenvalue weighted by molar-refractivity contribution is -0.123. The Morgan fingerprint density at radius 1 is 1.38 bits per heavy atom. The minimum absolute atomic E-state index is 0.107. The highest BCUT2D eigenvalue weighted by molar-refractivity contribution is 6.35. The van der Waals surface area contributed by atoms with Gasteiger partial charge in [-0.15, -0.1) is 0 Å². The first-order chi connectivity index (χ1) is 11.4. The summed E-state index contributed by atoms with van der Waals surface area (Å²) in [5.74, 6) is -2.51. The van der Waals surface area contributed by atoms with Crippen molar-refractivity contribution < 1.29 is 18.4 Å². The Labute approximate surface area is 141 Å². The Morgan fingerprint density at radius 2 is 2.12 bits per heavy atom. The smallest absolute Gasteiger partial charge is 0.273 e. The van der Waals surface area contributed by atoms with Gasteiger partial charge in [0.2, 0.25) is 5.91 Å². The van der Waals surface area contributed by atoms with Crippen LogP contribution >= 0.6 is 11.6 Å². The van der Waals surface area contributed by atoms with Crippen molar-refractivity contribution in [3.05, 3.63) is 34.5 Å². The highest BCUT2D eigenvalue weighted by Gasteiger charge is 2.31. The molecular weight excluding hydrogens is 342 g/mol. The lowest BCUT2D eigenvalue weighted by Crippen LogP contribution is -2.58. The summed E-state index contributed by atoms with van der Waals surface area (Å²) < 4.78 is 28.1. The third-order valence-corrected chi connectivity index (χ3v) is 4.40. The molecule has 1 fully saturated rings. The second kappa shape index (κ2) is 6.37. The number of carbonyl (C=O) groups is 2. The third-order valence-electron chi connectivity index (χ3n) is 4.03. The number of rotatable bonds is 2.